The van der Waals surface area contributed by atoms with Gasteiger partial charge in [0.15, 0.2) is 5.65 Å². The van der Waals surface area contributed by atoms with Crippen molar-refractivity contribution < 1.29 is 19.3 Å². The van der Waals surface area contributed by atoms with Crippen LogP contribution in [0.1, 0.15) is 19.4 Å². The van der Waals surface area contributed by atoms with Gasteiger partial charge < -0.3 is 29.1 Å². The molecule has 34 heavy (non-hydrogen) atoms. The number of anilines is 2. The number of aromatic nitrogens is 3. The molecule has 2 fully saturated rings. The van der Waals surface area contributed by atoms with Gasteiger partial charge in [0.05, 0.1) is 50.2 Å². The zero-order chi connectivity index (χ0) is 23.7. The van der Waals surface area contributed by atoms with E-state index in [-0.39, 0.29) is 18.8 Å². The van der Waals surface area contributed by atoms with Crippen LogP contribution in [0.4, 0.5) is 11.8 Å². The number of hydrogen-bond donors (Lipinski definition) is 1. The first-order valence-corrected chi connectivity index (χ1v) is 11.8. The van der Waals surface area contributed by atoms with E-state index in [1.54, 1.807) is 7.11 Å². The topological polar surface area (TPSA) is 93.1 Å². The summed E-state index contributed by atoms with van der Waals surface area (Å²) in [5, 5.41) is 10.7. The lowest BCUT2D eigenvalue weighted by Crippen LogP contribution is -2.46. The number of nitrogens with zero attached hydrogens (tertiary/aromatic N) is 5. The molecule has 5 rings (SSSR count). The lowest BCUT2D eigenvalue weighted by Gasteiger charge is -2.36. The molecule has 0 spiro atoms. The third kappa shape index (κ3) is 4.51. The molecule has 1 N–H and O–H groups in total. The molecule has 0 amide bonds. The summed E-state index contributed by atoms with van der Waals surface area (Å²) in [4.78, 5) is 19.3. The van der Waals surface area contributed by atoms with Crippen LogP contribution in [-0.4, -0.2) is 78.8 Å². The van der Waals surface area contributed by atoms with Crippen molar-refractivity contribution in [1.29, 1.82) is 0 Å². The summed E-state index contributed by atoms with van der Waals surface area (Å²) in [7, 11) is 1.60. The summed E-state index contributed by atoms with van der Waals surface area (Å²) in [5.41, 5.74) is 3.05. The number of morpholine rings is 2. The Morgan fingerprint density at radius 3 is 2.47 bits per heavy atom. The van der Waals surface area contributed by atoms with E-state index in [0.717, 1.165) is 54.2 Å². The molecule has 0 aliphatic carbocycles. The summed E-state index contributed by atoms with van der Waals surface area (Å²) < 4.78 is 16.8. The average molecular weight is 466 g/mol. The molecule has 4 heterocycles. The quantitative estimate of drug-likeness (QED) is 0.610. The van der Waals surface area contributed by atoms with E-state index in [1.807, 2.05) is 30.3 Å². The Labute approximate surface area is 199 Å². The van der Waals surface area contributed by atoms with E-state index < -0.39 is 0 Å². The highest BCUT2D eigenvalue weighted by molar-refractivity contribution is 5.90. The van der Waals surface area contributed by atoms with E-state index >= 15 is 0 Å². The van der Waals surface area contributed by atoms with Gasteiger partial charge in [0.1, 0.15) is 11.6 Å². The van der Waals surface area contributed by atoms with Crippen LogP contribution in [0.25, 0.3) is 22.3 Å². The van der Waals surface area contributed by atoms with Crippen LogP contribution in [0.2, 0.25) is 0 Å². The van der Waals surface area contributed by atoms with Gasteiger partial charge in [-0.05, 0) is 44.2 Å². The van der Waals surface area contributed by atoms with E-state index in [4.69, 9.17) is 29.2 Å². The Morgan fingerprint density at radius 1 is 1.00 bits per heavy atom. The predicted molar refractivity (Wildman–Crippen MR) is 130 cm³/mol. The van der Waals surface area contributed by atoms with Crippen LogP contribution < -0.4 is 14.5 Å². The number of methoxy groups -OCH3 is 1. The fourth-order valence-electron chi connectivity index (χ4n) is 4.70. The molecule has 180 valence electrons. The Hall–Kier alpha value is -3.01. The van der Waals surface area contributed by atoms with Gasteiger partial charge in [0.25, 0.3) is 0 Å². The van der Waals surface area contributed by atoms with Gasteiger partial charge >= 0.3 is 0 Å². The highest BCUT2D eigenvalue weighted by Crippen LogP contribution is 2.31. The van der Waals surface area contributed by atoms with Crippen LogP contribution >= 0.6 is 0 Å². The predicted octanol–water partition coefficient (Wildman–Crippen LogP) is 2.64. The molecule has 3 aromatic rings. The van der Waals surface area contributed by atoms with Crippen molar-refractivity contribution in [2.24, 2.45) is 0 Å². The van der Waals surface area contributed by atoms with Crippen molar-refractivity contribution in [3.05, 3.63) is 35.9 Å². The SMILES string of the molecule is COc1ccc(-c2ccc3c(N4CCOCC4)nc(N4C[C@H](C)O[C@@H](C)C4)nc3n2)cc1CO. The Balaban J connectivity index is 1.61. The standard InChI is InChI=1S/C25H31N5O4/c1-16-13-30(14-17(2)34-16)25-27-23-20(24(28-25)29-8-10-33-11-9-29)5-6-21(26-23)18-4-7-22(32-3)19(12-18)15-31/h4-7,12,16-17,31H,8-11,13-15H2,1-3H3/t16-,17-/m0/s1. The Bertz CT molecular complexity index is 1160. The summed E-state index contributed by atoms with van der Waals surface area (Å²) in [6, 6.07) is 9.73. The molecule has 9 nitrogen and oxygen atoms in total. The summed E-state index contributed by atoms with van der Waals surface area (Å²) in [6.45, 7) is 8.42. The fourth-order valence-corrected chi connectivity index (χ4v) is 4.70. The molecule has 0 saturated carbocycles. The number of aliphatic hydroxyl groups is 1. The van der Waals surface area contributed by atoms with E-state index in [0.29, 0.717) is 30.6 Å². The second-order valence-electron chi connectivity index (χ2n) is 8.86. The second kappa shape index (κ2) is 9.69. The van der Waals surface area contributed by atoms with Crippen LogP contribution in [0.15, 0.2) is 30.3 Å². The average Bonchev–Trinajstić information content (AvgIpc) is 2.87. The maximum absolute atomic E-state index is 9.74. The van der Waals surface area contributed by atoms with Crippen molar-refractivity contribution in [2.45, 2.75) is 32.7 Å². The molecule has 2 aliphatic heterocycles. The lowest BCUT2D eigenvalue weighted by molar-refractivity contribution is -0.00570. The zero-order valence-corrected chi connectivity index (χ0v) is 19.9. The number of fused-ring (bicyclic) bond motifs is 1. The van der Waals surface area contributed by atoms with Crippen LogP contribution in [0.5, 0.6) is 5.75 Å². The molecule has 0 unspecified atom stereocenters. The van der Waals surface area contributed by atoms with E-state index in [9.17, 15) is 5.11 Å². The van der Waals surface area contributed by atoms with Crippen molar-refractivity contribution in [2.75, 3.05) is 56.3 Å². The minimum Gasteiger partial charge on any atom is -0.496 e. The Kier molecular flexibility index (Phi) is 6.49. The minimum absolute atomic E-state index is 0.102. The van der Waals surface area contributed by atoms with Gasteiger partial charge in [-0.3, -0.25) is 0 Å². The van der Waals surface area contributed by atoms with Gasteiger partial charge in [-0.25, -0.2) is 4.98 Å². The molecule has 0 bridgehead atoms. The minimum atomic E-state index is -0.106. The van der Waals surface area contributed by atoms with E-state index in [1.165, 1.54) is 0 Å². The number of ether oxygens (including phenoxy) is 3. The first-order chi connectivity index (χ1) is 16.6. The normalized spacial score (nSPS) is 21.2. The number of pyridine rings is 1. The molecule has 2 aromatic heterocycles. The van der Waals surface area contributed by atoms with Gasteiger partial charge in [0, 0.05) is 37.3 Å². The van der Waals surface area contributed by atoms with Gasteiger partial charge in [-0.1, -0.05) is 0 Å². The number of aliphatic hydroxyl groups excluding tert-OH is 1. The molecule has 2 aliphatic rings. The highest BCUT2D eigenvalue weighted by atomic mass is 16.5. The van der Waals surface area contributed by atoms with Crippen LogP contribution in [-0.2, 0) is 16.1 Å². The Morgan fingerprint density at radius 2 is 1.76 bits per heavy atom. The number of benzene rings is 1. The summed E-state index contributed by atoms with van der Waals surface area (Å²) >= 11 is 0. The second-order valence-corrected chi connectivity index (χ2v) is 8.86. The first-order valence-electron chi connectivity index (χ1n) is 11.8. The van der Waals surface area contributed by atoms with Crippen molar-refractivity contribution in [1.82, 2.24) is 15.0 Å². The van der Waals surface area contributed by atoms with Crippen molar-refractivity contribution >= 4 is 22.8 Å². The maximum Gasteiger partial charge on any atom is 0.229 e. The summed E-state index contributed by atoms with van der Waals surface area (Å²) in [5.74, 6) is 2.22. The molecular weight excluding hydrogens is 434 g/mol. The molecular formula is C25H31N5O4. The smallest absolute Gasteiger partial charge is 0.229 e. The van der Waals surface area contributed by atoms with Crippen LogP contribution in [0.3, 0.4) is 0 Å². The first kappa shape index (κ1) is 22.8. The highest BCUT2D eigenvalue weighted by Gasteiger charge is 2.26. The van der Waals surface area contributed by atoms with Crippen molar-refractivity contribution in [3.63, 3.8) is 0 Å². The summed E-state index contributed by atoms with van der Waals surface area (Å²) in [6.07, 6.45) is 0.204. The van der Waals surface area contributed by atoms with E-state index in [2.05, 4.69) is 23.6 Å². The molecule has 9 heteroatoms. The van der Waals surface area contributed by atoms with Gasteiger partial charge in [0.2, 0.25) is 5.95 Å². The maximum atomic E-state index is 9.74. The molecule has 0 radical (unpaired) electrons. The lowest BCUT2D eigenvalue weighted by atomic mass is 10.1. The molecule has 1 aromatic carbocycles. The third-order valence-corrected chi connectivity index (χ3v) is 6.29. The number of hydrogen-bond acceptors (Lipinski definition) is 9. The fraction of sp³-hybridized carbons (Fsp3) is 0.480. The van der Waals surface area contributed by atoms with Gasteiger partial charge in [-0.15, -0.1) is 0 Å². The number of rotatable bonds is 5. The molecule has 2 atom stereocenters. The van der Waals surface area contributed by atoms with Crippen molar-refractivity contribution in [3.8, 4) is 17.0 Å². The largest absolute Gasteiger partial charge is 0.496 e. The monoisotopic (exact) mass is 465 g/mol. The zero-order valence-electron chi connectivity index (χ0n) is 19.9. The van der Waals surface area contributed by atoms with Gasteiger partial charge in [-0.2, -0.15) is 9.97 Å². The van der Waals surface area contributed by atoms with Crippen LogP contribution in [0, 0.1) is 0 Å². The molecule has 2 saturated heterocycles. The third-order valence-electron chi connectivity index (χ3n) is 6.29.